The molecule has 3 N–H and O–H groups in total. The van der Waals surface area contributed by atoms with Gasteiger partial charge in [-0.05, 0) is 53.9 Å². The van der Waals surface area contributed by atoms with Gasteiger partial charge in [0.05, 0.1) is 25.1 Å². The molecule has 0 unspecified atom stereocenters. The van der Waals surface area contributed by atoms with Crippen molar-refractivity contribution >= 4 is 34.0 Å². The van der Waals surface area contributed by atoms with Gasteiger partial charge in [-0.2, -0.15) is 0 Å². The van der Waals surface area contributed by atoms with Crippen LogP contribution in [0.15, 0.2) is 82.7 Å². The van der Waals surface area contributed by atoms with E-state index >= 15 is 0 Å². The number of benzene rings is 3. The predicted molar refractivity (Wildman–Crippen MR) is 129 cm³/mol. The van der Waals surface area contributed by atoms with Crippen LogP contribution in [-0.4, -0.2) is 39.5 Å². The summed E-state index contributed by atoms with van der Waals surface area (Å²) < 4.78 is 32.8. The average molecular weight is 473 g/mol. The van der Waals surface area contributed by atoms with Crippen molar-refractivity contribution < 1.29 is 13.2 Å². The number of sulfonamides is 1. The maximum absolute atomic E-state index is 12.6. The molecule has 7 nitrogen and oxygen atoms in total. The number of nitrogens with zero attached hydrogens (tertiary/aromatic N) is 2. The number of hydrazine groups is 1. The summed E-state index contributed by atoms with van der Waals surface area (Å²) in [6, 6.07) is 21.8. The normalized spacial score (nSPS) is 13.3. The molecule has 0 atom stereocenters. The van der Waals surface area contributed by atoms with Crippen LogP contribution < -0.4 is 15.3 Å². The molecule has 32 heavy (non-hydrogen) atoms. The lowest BCUT2D eigenvalue weighted by molar-refractivity contribution is 0.414. The lowest BCUT2D eigenvalue weighted by Crippen LogP contribution is -2.34. The van der Waals surface area contributed by atoms with Gasteiger partial charge in [0.25, 0.3) is 10.0 Å². The van der Waals surface area contributed by atoms with Crippen LogP contribution in [0.3, 0.4) is 0 Å². The van der Waals surface area contributed by atoms with Gasteiger partial charge in [-0.25, -0.2) is 14.3 Å². The maximum atomic E-state index is 12.6. The van der Waals surface area contributed by atoms with E-state index in [2.05, 4.69) is 21.8 Å². The van der Waals surface area contributed by atoms with Crippen LogP contribution in [0.4, 0.5) is 5.69 Å². The zero-order chi connectivity index (χ0) is 21.8. The highest BCUT2D eigenvalue weighted by atomic mass is 35.5. The highest BCUT2D eigenvalue weighted by Crippen LogP contribution is 2.20. The van der Waals surface area contributed by atoms with Crippen molar-refractivity contribution in [1.82, 2.24) is 5.01 Å². The zero-order valence-electron chi connectivity index (χ0n) is 17.6. The summed E-state index contributed by atoms with van der Waals surface area (Å²) in [6.45, 7) is 1.47. The van der Waals surface area contributed by atoms with Crippen molar-refractivity contribution in [3.8, 4) is 5.75 Å². The van der Waals surface area contributed by atoms with Gasteiger partial charge in [0, 0.05) is 11.3 Å². The lowest BCUT2D eigenvalue weighted by Gasteiger charge is -2.13. The number of ether oxygens (including phenoxy) is 1. The lowest BCUT2D eigenvalue weighted by atomic mass is 10.0. The number of methoxy groups -OCH3 is 1. The molecule has 4 rings (SSSR count). The van der Waals surface area contributed by atoms with Crippen molar-refractivity contribution in [2.75, 3.05) is 24.9 Å². The van der Waals surface area contributed by atoms with E-state index in [0.717, 1.165) is 42.0 Å². The fourth-order valence-electron chi connectivity index (χ4n) is 3.38. The summed E-state index contributed by atoms with van der Waals surface area (Å²) in [5, 5.41) is 1.67. The minimum absolute atomic E-state index is 0. The van der Waals surface area contributed by atoms with Crippen LogP contribution in [-0.2, 0) is 16.4 Å². The molecule has 1 aliphatic heterocycles. The molecule has 0 fully saturated rings. The number of rotatable bonds is 7. The molecule has 0 aliphatic carbocycles. The molecule has 0 radical (unpaired) electrons. The second kappa shape index (κ2) is 10.0. The average Bonchev–Trinajstić information content (AvgIpc) is 3.21. The number of hydrogen-bond donors (Lipinski definition) is 2. The topological polar surface area (TPSA) is 97.0 Å². The van der Waals surface area contributed by atoms with E-state index in [-0.39, 0.29) is 17.3 Å². The second-order valence-corrected chi connectivity index (χ2v) is 8.93. The molecule has 0 saturated carbocycles. The predicted octanol–water partition coefficient (Wildman–Crippen LogP) is 3.44. The Bertz CT molecular complexity index is 1180. The van der Waals surface area contributed by atoms with Gasteiger partial charge in [-0.3, -0.25) is 14.7 Å². The molecule has 3 aromatic rings. The molecular weight excluding hydrogens is 448 g/mol. The quantitative estimate of drug-likeness (QED) is 0.513. The van der Waals surface area contributed by atoms with Gasteiger partial charge in [-0.15, -0.1) is 12.4 Å². The third-order valence-corrected chi connectivity index (χ3v) is 6.47. The van der Waals surface area contributed by atoms with Gasteiger partial charge < -0.3 is 4.74 Å². The van der Waals surface area contributed by atoms with Gasteiger partial charge in [-0.1, -0.05) is 36.4 Å². The van der Waals surface area contributed by atoms with E-state index in [1.807, 2.05) is 24.3 Å². The third kappa shape index (κ3) is 5.40. The fourth-order valence-corrected chi connectivity index (χ4v) is 4.44. The summed E-state index contributed by atoms with van der Waals surface area (Å²) in [5.74, 6) is 7.35. The van der Waals surface area contributed by atoms with Crippen LogP contribution in [0.1, 0.15) is 16.7 Å². The van der Waals surface area contributed by atoms with Gasteiger partial charge in [0.1, 0.15) is 11.6 Å². The molecule has 0 bridgehead atoms. The summed E-state index contributed by atoms with van der Waals surface area (Å²) in [5.41, 5.74) is 3.75. The first-order valence-corrected chi connectivity index (χ1v) is 11.3. The fraction of sp³-hybridized carbons (Fsp3) is 0.174. The first kappa shape index (κ1) is 23.6. The standard InChI is InChI=1S/C23H24N4O3S.ClH/c1-30-21-10-12-22(13-11-21)31(28,29)26-20-8-4-18(5-9-20)16-17-2-6-19(7-3-17)23-25-14-15-27(23)24;/h2-13,26H,14-16,24H2,1H3;1H. The van der Waals surface area contributed by atoms with E-state index in [4.69, 9.17) is 10.6 Å². The van der Waals surface area contributed by atoms with Crippen molar-refractivity contribution in [1.29, 1.82) is 0 Å². The van der Waals surface area contributed by atoms with E-state index in [0.29, 0.717) is 11.4 Å². The summed E-state index contributed by atoms with van der Waals surface area (Å²) in [4.78, 5) is 4.61. The Morgan fingerprint density at radius 1 is 0.969 bits per heavy atom. The Balaban J connectivity index is 0.00000289. The molecule has 0 amide bonds. The first-order chi connectivity index (χ1) is 14.9. The highest BCUT2D eigenvalue weighted by molar-refractivity contribution is 7.92. The van der Waals surface area contributed by atoms with Gasteiger partial charge >= 0.3 is 0 Å². The summed E-state index contributed by atoms with van der Waals surface area (Å²) in [7, 11) is -2.12. The molecule has 1 aliphatic rings. The van der Waals surface area contributed by atoms with Crippen LogP contribution >= 0.6 is 12.4 Å². The molecule has 9 heteroatoms. The summed E-state index contributed by atoms with van der Waals surface area (Å²) >= 11 is 0. The zero-order valence-corrected chi connectivity index (χ0v) is 19.2. The van der Waals surface area contributed by atoms with E-state index in [1.165, 1.54) is 19.2 Å². The summed E-state index contributed by atoms with van der Waals surface area (Å²) in [6.07, 6.45) is 0.741. The molecule has 0 aromatic heterocycles. The van der Waals surface area contributed by atoms with E-state index in [9.17, 15) is 8.42 Å². The number of aliphatic imine (C=N–C) groups is 1. The molecule has 0 spiro atoms. The van der Waals surface area contributed by atoms with Crippen molar-refractivity contribution in [3.05, 3.63) is 89.5 Å². The number of hydrogen-bond acceptors (Lipinski definition) is 6. The molecule has 0 saturated heterocycles. The Labute approximate surface area is 194 Å². The molecule has 1 heterocycles. The first-order valence-electron chi connectivity index (χ1n) is 9.86. The van der Waals surface area contributed by atoms with Crippen molar-refractivity contribution in [2.45, 2.75) is 11.3 Å². The van der Waals surface area contributed by atoms with Crippen molar-refractivity contribution in [3.63, 3.8) is 0 Å². The highest BCUT2D eigenvalue weighted by Gasteiger charge is 2.15. The van der Waals surface area contributed by atoms with Gasteiger partial charge in [0.15, 0.2) is 0 Å². The maximum Gasteiger partial charge on any atom is 0.261 e. The Hall–Kier alpha value is -3.07. The van der Waals surface area contributed by atoms with Gasteiger partial charge in [0.2, 0.25) is 0 Å². The number of nitrogens with two attached hydrogens (primary N) is 1. The van der Waals surface area contributed by atoms with Crippen molar-refractivity contribution in [2.24, 2.45) is 10.8 Å². The minimum atomic E-state index is -3.66. The monoisotopic (exact) mass is 472 g/mol. The number of anilines is 1. The van der Waals surface area contributed by atoms with Crippen LogP contribution in [0.25, 0.3) is 0 Å². The largest absolute Gasteiger partial charge is 0.497 e. The molecule has 3 aromatic carbocycles. The smallest absolute Gasteiger partial charge is 0.261 e. The Morgan fingerprint density at radius 2 is 1.56 bits per heavy atom. The second-order valence-electron chi connectivity index (χ2n) is 7.25. The minimum Gasteiger partial charge on any atom is -0.497 e. The Morgan fingerprint density at radius 3 is 2.09 bits per heavy atom. The SMILES string of the molecule is COc1ccc(S(=O)(=O)Nc2ccc(Cc3ccc(C4=NCCN4N)cc3)cc2)cc1.Cl. The molecule has 168 valence electrons. The number of amidine groups is 1. The number of halogens is 1. The van der Waals surface area contributed by atoms with Crippen LogP contribution in [0, 0.1) is 0 Å². The number of nitrogens with one attached hydrogen (secondary N) is 1. The van der Waals surface area contributed by atoms with E-state index < -0.39 is 10.0 Å². The van der Waals surface area contributed by atoms with Crippen LogP contribution in [0.5, 0.6) is 5.75 Å². The van der Waals surface area contributed by atoms with Crippen LogP contribution in [0.2, 0.25) is 0 Å². The van der Waals surface area contributed by atoms with E-state index in [1.54, 1.807) is 29.3 Å². The third-order valence-electron chi connectivity index (χ3n) is 5.07. The Kier molecular flexibility index (Phi) is 7.40. The molecular formula is C23H25ClN4O3S.